The third kappa shape index (κ3) is 7.32. The molecule has 0 radical (unpaired) electrons. The number of ether oxygens (including phenoxy) is 1. The number of aromatic nitrogens is 2. The Labute approximate surface area is 219 Å². The topological polar surface area (TPSA) is 137 Å². The van der Waals surface area contributed by atoms with Gasteiger partial charge in [0.1, 0.15) is 6.07 Å². The summed E-state index contributed by atoms with van der Waals surface area (Å²) < 4.78 is 46.1. The second-order valence-corrected chi connectivity index (χ2v) is 8.68. The molecule has 10 nitrogen and oxygen atoms in total. The van der Waals surface area contributed by atoms with E-state index in [1.165, 1.54) is 17.9 Å². The van der Waals surface area contributed by atoms with Crippen molar-refractivity contribution in [2.24, 2.45) is 0 Å². The predicted molar refractivity (Wildman–Crippen MR) is 136 cm³/mol. The molecular formula is C25H32F3N7O3. The lowest BCUT2D eigenvalue weighted by Crippen LogP contribution is -2.47. The highest BCUT2D eigenvalue weighted by Gasteiger charge is 2.33. The number of halogens is 3. The fourth-order valence-corrected chi connectivity index (χ4v) is 3.82. The Morgan fingerprint density at radius 1 is 1.21 bits per heavy atom. The quantitative estimate of drug-likeness (QED) is 0.522. The van der Waals surface area contributed by atoms with Gasteiger partial charge >= 0.3 is 6.18 Å². The molecule has 3 N–H and O–H groups in total. The number of nitrogens with one attached hydrogen (secondary N) is 1. The Balaban J connectivity index is 0.00000507. The first-order chi connectivity index (χ1) is 17.4. The minimum absolute atomic E-state index is 0. The predicted octanol–water partition coefficient (Wildman–Crippen LogP) is 2.98. The van der Waals surface area contributed by atoms with Crippen LogP contribution in [0.2, 0.25) is 0 Å². The molecule has 1 aromatic carbocycles. The highest BCUT2D eigenvalue weighted by molar-refractivity contribution is 5.95. The van der Waals surface area contributed by atoms with Crippen molar-refractivity contribution in [2.75, 3.05) is 50.9 Å². The van der Waals surface area contributed by atoms with Gasteiger partial charge in [-0.3, -0.25) is 9.59 Å². The molecule has 13 heteroatoms. The van der Waals surface area contributed by atoms with Gasteiger partial charge in [-0.05, 0) is 44.7 Å². The first kappa shape index (κ1) is 30.3. The van der Waals surface area contributed by atoms with Crippen LogP contribution in [0.3, 0.4) is 0 Å². The molecule has 0 bridgehead atoms. The molecule has 1 aliphatic heterocycles. The number of carbonyl (C=O) groups is 2. The number of carbonyl (C=O) groups excluding carboxylic acids is 2. The third-order valence-electron chi connectivity index (χ3n) is 5.86. The molecule has 0 aliphatic carbocycles. The van der Waals surface area contributed by atoms with E-state index in [9.17, 15) is 28.0 Å². The van der Waals surface area contributed by atoms with Crippen molar-refractivity contribution in [1.82, 2.24) is 19.8 Å². The van der Waals surface area contributed by atoms with Gasteiger partial charge in [-0.2, -0.15) is 28.4 Å². The second-order valence-electron chi connectivity index (χ2n) is 8.68. The monoisotopic (exact) mass is 535 g/mol. The van der Waals surface area contributed by atoms with Crippen LogP contribution in [0.25, 0.3) is 0 Å². The smallest absolute Gasteiger partial charge is 0.416 e. The number of nitrogens with two attached hydrogens (primary N) is 1. The minimum atomic E-state index is -4.70. The molecule has 1 fully saturated rings. The minimum Gasteiger partial charge on any atom is -0.477 e. The van der Waals surface area contributed by atoms with Crippen molar-refractivity contribution in [3.05, 3.63) is 40.5 Å². The van der Waals surface area contributed by atoms with Crippen molar-refractivity contribution in [3.63, 3.8) is 0 Å². The lowest BCUT2D eigenvalue weighted by molar-refractivity contribution is -0.137. The molecule has 0 unspecified atom stereocenters. The molecule has 0 spiro atoms. The number of nitrogen functional groups attached to an aromatic ring is 1. The maximum Gasteiger partial charge on any atom is 0.416 e. The molecular weight excluding hydrogens is 503 g/mol. The van der Waals surface area contributed by atoms with Gasteiger partial charge in [0, 0.05) is 38.2 Å². The van der Waals surface area contributed by atoms with Crippen LogP contribution in [0.1, 0.15) is 48.3 Å². The normalized spacial score (nSPS) is 14.7. The van der Waals surface area contributed by atoms with Crippen LogP contribution in [0.4, 0.5) is 24.9 Å². The van der Waals surface area contributed by atoms with Crippen molar-refractivity contribution in [2.45, 2.75) is 39.9 Å². The number of hydrogen-bond donors (Lipinski definition) is 2. The SMILES string of the molecule is C.CCOc1nc(N)nc(N[C@@H](C)C(=O)Cc2cc(C(=O)N3CCN(C)CC3)cc(C(F)(F)F)c2)c1C#N. The number of ketones is 1. The fourth-order valence-electron chi connectivity index (χ4n) is 3.82. The zero-order chi connectivity index (χ0) is 27.3. The van der Waals surface area contributed by atoms with Crippen LogP contribution in [0, 0.1) is 11.3 Å². The zero-order valence-electron chi connectivity index (χ0n) is 20.7. The van der Waals surface area contributed by atoms with Crippen molar-refractivity contribution < 1.29 is 27.5 Å². The number of piperazine rings is 1. The van der Waals surface area contributed by atoms with E-state index in [0.717, 1.165) is 12.1 Å². The summed E-state index contributed by atoms with van der Waals surface area (Å²) in [6.45, 7) is 5.40. The third-order valence-corrected chi connectivity index (χ3v) is 5.86. The number of nitriles is 1. The molecule has 1 aromatic heterocycles. The second kappa shape index (κ2) is 12.6. The van der Waals surface area contributed by atoms with Gasteiger partial charge in [-0.1, -0.05) is 7.43 Å². The van der Waals surface area contributed by atoms with Crippen LogP contribution in [-0.2, 0) is 17.4 Å². The number of anilines is 2. The average molecular weight is 536 g/mol. The summed E-state index contributed by atoms with van der Waals surface area (Å²) in [5.74, 6) is -1.28. The van der Waals surface area contributed by atoms with Crippen LogP contribution < -0.4 is 15.8 Å². The molecule has 3 rings (SSSR count). The summed E-state index contributed by atoms with van der Waals surface area (Å²) in [7, 11) is 1.90. The van der Waals surface area contributed by atoms with Gasteiger partial charge in [0.2, 0.25) is 11.8 Å². The maximum atomic E-state index is 13.6. The number of nitrogens with zero attached hydrogens (tertiary/aromatic N) is 5. The van der Waals surface area contributed by atoms with Crippen LogP contribution in [0.5, 0.6) is 5.88 Å². The molecule has 206 valence electrons. The Hall–Kier alpha value is -3.92. The van der Waals surface area contributed by atoms with Gasteiger partial charge in [0.15, 0.2) is 17.2 Å². The lowest BCUT2D eigenvalue weighted by atomic mass is 9.98. The van der Waals surface area contributed by atoms with E-state index in [-0.39, 0.29) is 54.8 Å². The Morgan fingerprint density at radius 2 is 1.87 bits per heavy atom. The van der Waals surface area contributed by atoms with Gasteiger partial charge in [0.05, 0.1) is 18.2 Å². The van der Waals surface area contributed by atoms with Crippen molar-refractivity contribution >= 4 is 23.5 Å². The summed E-state index contributed by atoms with van der Waals surface area (Å²) in [4.78, 5) is 37.3. The van der Waals surface area contributed by atoms with Gasteiger partial charge < -0.3 is 25.6 Å². The first-order valence-corrected chi connectivity index (χ1v) is 11.6. The van der Waals surface area contributed by atoms with E-state index in [2.05, 4.69) is 15.3 Å². The summed E-state index contributed by atoms with van der Waals surface area (Å²) in [5, 5.41) is 12.3. The number of benzene rings is 1. The average Bonchev–Trinajstić information content (AvgIpc) is 2.83. The largest absolute Gasteiger partial charge is 0.477 e. The number of amides is 1. The fraction of sp³-hybridized carbons (Fsp3) is 0.480. The molecule has 38 heavy (non-hydrogen) atoms. The van der Waals surface area contributed by atoms with Gasteiger partial charge in [0.25, 0.3) is 5.91 Å². The summed E-state index contributed by atoms with van der Waals surface area (Å²) in [6, 6.07) is 3.94. The first-order valence-electron chi connectivity index (χ1n) is 11.6. The van der Waals surface area contributed by atoms with E-state index in [1.54, 1.807) is 6.92 Å². The number of hydrogen-bond acceptors (Lipinski definition) is 9. The van der Waals surface area contributed by atoms with E-state index in [0.29, 0.717) is 26.2 Å². The molecule has 1 aliphatic rings. The van der Waals surface area contributed by atoms with E-state index in [4.69, 9.17) is 10.5 Å². The highest BCUT2D eigenvalue weighted by Crippen LogP contribution is 2.31. The molecule has 0 saturated carbocycles. The maximum absolute atomic E-state index is 13.6. The van der Waals surface area contributed by atoms with Crippen molar-refractivity contribution in [1.29, 1.82) is 5.26 Å². The summed E-state index contributed by atoms with van der Waals surface area (Å²) in [5.41, 5.74) is 4.53. The van der Waals surface area contributed by atoms with Crippen molar-refractivity contribution in [3.8, 4) is 11.9 Å². The Bertz CT molecular complexity index is 1210. The van der Waals surface area contributed by atoms with Gasteiger partial charge in [-0.15, -0.1) is 0 Å². The molecule has 1 amide bonds. The summed E-state index contributed by atoms with van der Waals surface area (Å²) >= 11 is 0. The number of likely N-dealkylation sites (N-methyl/N-ethyl adjacent to an activating group) is 1. The Kier molecular flexibility index (Phi) is 10.0. The van der Waals surface area contributed by atoms with Crippen LogP contribution in [0.15, 0.2) is 18.2 Å². The summed E-state index contributed by atoms with van der Waals surface area (Å²) in [6.07, 6.45) is -5.09. The highest BCUT2D eigenvalue weighted by atomic mass is 19.4. The van der Waals surface area contributed by atoms with Crippen LogP contribution in [-0.4, -0.2) is 77.3 Å². The molecule has 2 aromatic rings. The number of Topliss-reactive ketones (excluding diaryl/α,β-unsaturated/α-hetero) is 1. The molecule has 2 heterocycles. The zero-order valence-corrected chi connectivity index (χ0v) is 20.7. The number of rotatable bonds is 8. The number of alkyl halides is 3. The Morgan fingerprint density at radius 3 is 2.45 bits per heavy atom. The van der Waals surface area contributed by atoms with E-state index < -0.39 is 29.5 Å². The van der Waals surface area contributed by atoms with Gasteiger partial charge in [-0.25, -0.2) is 0 Å². The standard InChI is InChI=1S/C24H28F3N7O3.CH4/c1-4-37-21-18(13-28)20(31-23(29)32-21)30-14(2)19(35)11-15-9-16(12-17(10-15)24(25,26)27)22(36)34-7-5-33(3)6-8-34;/h9-10,12,14H,4-8,11H2,1-3H3,(H3,29,30,31,32);1H4/t14-;/m0./s1. The molecule has 1 atom stereocenters. The molecule has 1 saturated heterocycles. The van der Waals surface area contributed by atoms with E-state index in [1.807, 2.05) is 18.0 Å². The van der Waals surface area contributed by atoms with Crippen LogP contribution >= 0.6 is 0 Å². The lowest BCUT2D eigenvalue weighted by Gasteiger charge is -2.32. The van der Waals surface area contributed by atoms with E-state index >= 15 is 0 Å².